The zero-order chi connectivity index (χ0) is 18.2. The summed E-state index contributed by atoms with van der Waals surface area (Å²) in [5.74, 6) is -1.37. The minimum absolute atomic E-state index is 0.111. The van der Waals surface area contributed by atoms with Crippen LogP contribution in [0.2, 0.25) is 0 Å². The summed E-state index contributed by atoms with van der Waals surface area (Å²) in [4.78, 5) is 26.5. The van der Waals surface area contributed by atoms with Gasteiger partial charge in [-0.1, -0.05) is 22.0 Å². The van der Waals surface area contributed by atoms with Gasteiger partial charge >= 0.3 is 11.9 Å². The number of esters is 2. The van der Waals surface area contributed by atoms with E-state index >= 15 is 0 Å². The van der Waals surface area contributed by atoms with Crippen molar-refractivity contribution in [2.75, 3.05) is 44.4 Å². The Morgan fingerprint density at radius 3 is 2.32 bits per heavy atom. The Morgan fingerprint density at radius 2 is 1.76 bits per heavy atom. The van der Waals surface area contributed by atoms with Crippen molar-refractivity contribution in [3.63, 3.8) is 0 Å². The number of halogens is 1. The van der Waals surface area contributed by atoms with E-state index in [-0.39, 0.29) is 18.8 Å². The molecule has 0 saturated carbocycles. The van der Waals surface area contributed by atoms with E-state index in [0.717, 1.165) is 28.8 Å². The molecular weight excluding hydrogens is 390 g/mol. The van der Waals surface area contributed by atoms with Crippen molar-refractivity contribution in [1.29, 1.82) is 0 Å². The number of rotatable bonds is 6. The van der Waals surface area contributed by atoms with Gasteiger partial charge in [-0.2, -0.15) is 0 Å². The van der Waals surface area contributed by atoms with Gasteiger partial charge in [-0.25, -0.2) is 9.59 Å². The molecule has 136 valence electrons. The van der Waals surface area contributed by atoms with Gasteiger partial charge in [0.05, 0.1) is 26.4 Å². The van der Waals surface area contributed by atoms with Gasteiger partial charge in [0.1, 0.15) is 5.57 Å². The van der Waals surface area contributed by atoms with Crippen LogP contribution in [0.1, 0.15) is 19.4 Å². The van der Waals surface area contributed by atoms with Gasteiger partial charge in [0.15, 0.2) is 0 Å². The van der Waals surface area contributed by atoms with E-state index < -0.39 is 11.9 Å². The molecule has 0 amide bonds. The van der Waals surface area contributed by atoms with Crippen molar-refractivity contribution in [1.82, 2.24) is 0 Å². The lowest BCUT2D eigenvalue weighted by Gasteiger charge is -2.30. The van der Waals surface area contributed by atoms with Crippen LogP contribution < -0.4 is 4.90 Å². The highest BCUT2D eigenvalue weighted by atomic mass is 79.9. The second kappa shape index (κ2) is 9.58. The molecule has 0 spiro atoms. The number of benzene rings is 1. The van der Waals surface area contributed by atoms with Gasteiger partial charge in [-0.3, -0.25) is 0 Å². The summed E-state index contributed by atoms with van der Waals surface area (Å²) in [7, 11) is 0. The van der Waals surface area contributed by atoms with Crippen molar-refractivity contribution >= 4 is 39.6 Å². The van der Waals surface area contributed by atoms with E-state index in [2.05, 4.69) is 20.8 Å². The second-order valence-corrected chi connectivity index (χ2v) is 6.22. The lowest BCUT2D eigenvalue weighted by Crippen LogP contribution is -2.36. The molecule has 0 N–H and O–H groups in total. The van der Waals surface area contributed by atoms with E-state index in [9.17, 15) is 9.59 Å². The Morgan fingerprint density at radius 1 is 1.16 bits per heavy atom. The maximum absolute atomic E-state index is 12.2. The highest BCUT2D eigenvalue weighted by Gasteiger charge is 2.23. The number of anilines is 1. The summed E-state index contributed by atoms with van der Waals surface area (Å²) >= 11 is 3.47. The third-order valence-electron chi connectivity index (χ3n) is 3.63. The first-order chi connectivity index (χ1) is 12.1. The molecule has 7 heteroatoms. The average Bonchev–Trinajstić information content (AvgIpc) is 2.61. The van der Waals surface area contributed by atoms with Crippen LogP contribution in [0.15, 0.2) is 28.2 Å². The molecule has 1 heterocycles. The zero-order valence-corrected chi connectivity index (χ0v) is 16.0. The molecule has 1 aromatic rings. The molecule has 25 heavy (non-hydrogen) atoms. The highest BCUT2D eigenvalue weighted by molar-refractivity contribution is 9.10. The monoisotopic (exact) mass is 411 g/mol. The third kappa shape index (κ3) is 5.31. The second-order valence-electron chi connectivity index (χ2n) is 5.30. The number of hydrogen-bond acceptors (Lipinski definition) is 6. The molecule has 0 aromatic heterocycles. The van der Waals surface area contributed by atoms with E-state index in [1.54, 1.807) is 13.8 Å². The van der Waals surface area contributed by atoms with Crippen LogP contribution in [-0.2, 0) is 23.8 Å². The van der Waals surface area contributed by atoms with Gasteiger partial charge in [-0.05, 0) is 37.6 Å². The van der Waals surface area contributed by atoms with Gasteiger partial charge < -0.3 is 19.1 Å². The third-order valence-corrected chi connectivity index (χ3v) is 4.13. The fourth-order valence-corrected chi connectivity index (χ4v) is 2.84. The van der Waals surface area contributed by atoms with E-state index in [0.29, 0.717) is 13.2 Å². The average molecular weight is 412 g/mol. The summed E-state index contributed by atoms with van der Waals surface area (Å²) < 4.78 is 16.3. The zero-order valence-electron chi connectivity index (χ0n) is 14.4. The van der Waals surface area contributed by atoms with Crippen LogP contribution in [0, 0.1) is 0 Å². The first-order valence-corrected chi connectivity index (χ1v) is 9.04. The number of ether oxygens (including phenoxy) is 3. The first kappa shape index (κ1) is 19.5. The van der Waals surface area contributed by atoms with Crippen molar-refractivity contribution in [2.45, 2.75) is 13.8 Å². The first-order valence-electron chi connectivity index (χ1n) is 8.25. The molecule has 0 atom stereocenters. The predicted octanol–water partition coefficient (Wildman–Crippen LogP) is 2.80. The van der Waals surface area contributed by atoms with Crippen molar-refractivity contribution in [2.24, 2.45) is 0 Å². The summed E-state index contributed by atoms with van der Waals surface area (Å²) in [6.45, 7) is 6.52. The summed E-state index contributed by atoms with van der Waals surface area (Å²) in [5, 5.41) is 0. The SMILES string of the molecule is CCOC(=O)C(=Cc1ccc(Br)cc1N1CCOCC1)C(=O)OCC. The molecule has 1 aliphatic heterocycles. The quantitative estimate of drug-likeness (QED) is 0.310. The number of nitrogens with zero attached hydrogens (tertiary/aromatic N) is 1. The molecule has 1 aromatic carbocycles. The standard InChI is InChI=1S/C18H22BrNO5/c1-3-24-17(21)15(18(22)25-4-2)11-13-5-6-14(19)12-16(13)20-7-9-23-10-8-20/h5-6,11-12H,3-4,7-10H2,1-2H3. The summed E-state index contributed by atoms with van der Waals surface area (Å²) in [5.41, 5.74) is 1.56. The van der Waals surface area contributed by atoms with Crippen LogP contribution >= 0.6 is 15.9 Å². The Labute approximate surface area is 155 Å². The van der Waals surface area contributed by atoms with Crippen LogP contribution in [0.5, 0.6) is 0 Å². The highest BCUT2D eigenvalue weighted by Crippen LogP contribution is 2.28. The normalized spacial score (nSPS) is 14.0. The van der Waals surface area contributed by atoms with Gasteiger partial charge in [0.25, 0.3) is 0 Å². The fourth-order valence-electron chi connectivity index (χ4n) is 2.49. The molecule has 0 aliphatic carbocycles. The van der Waals surface area contributed by atoms with E-state index in [1.165, 1.54) is 6.08 Å². The number of carbonyl (C=O) groups excluding carboxylic acids is 2. The molecule has 2 rings (SSSR count). The molecule has 1 saturated heterocycles. The van der Waals surface area contributed by atoms with Crippen molar-refractivity contribution in [3.05, 3.63) is 33.8 Å². The Kier molecular flexibility index (Phi) is 7.46. The smallest absolute Gasteiger partial charge is 0.345 e. The van der Waals surface area contributed by atoms with Crippen LogP contribution in [0.3, 0.4) is 0 Å². The predicted molar refractivity (Wildman–Crippen MR) is 98.4 cm³/mol. The van der Waals surface area contributed by atoms with E-state index in [1.807, 2.05) is 18.2 Å². The summed E-state index contributed by atoms with van der Waals surface area (Å²) in [6.07, 6.45) is 1.53. The van der Waals surface area contributed by atoms with Gasteiger partial charge in [-0.15, -0.1) is 0 Å². The molecule has 0 radical (unpaired) electrons. The van der Waals surface area contributed by atoms with Crippen LogP contribution in [-0.4, -0.2) is 51.5 Å². The number of carbonyl (C=O) groups is 2. The Balaban J connectivity index is 2.43. The van der Waals surface area contributed by atoms with E-state index in [4.69, 9.17) is 14.2 Å². The maximum atomic E-state index is 12.2. The molecule has 1 fully saturated rings. The molecule has 1 aliphatic rings. The molecular formula is C18H22BrNO5. The largest absolute Gasteiger partial charge is 0.462 e. The maximum Gasteiger partial charge on any atom is 0.345 e. The van der Waals surface area contributed by atoms with Gasteiger partial charge in [0.2, 0.25) is 0 Å². The topological polar surface area (TPSA) is 65.1 Å². The van der Waals surface area contributed by atoms with Crippen LogP contribution in [0.25, 0.3) is 6.08 Å². The van der Waals surface area contributed by atoms with Crippen molar-refractivity contribution < 1.29 is 23.8 Å². The number of hydrogen-bond donors (Lipinski definition) is 0. The Bertz CT molecular complexity index is 633. The minimum Gasteiger partial charge on any atom is -0.462 e. The van der Waals surface area contributed by atoms with Crippen molar-refractivity contribution in [3.8, 4) is 0 Å². The molecule has 0 unspecified atom stereocenters. The fraction of sp³-hybridized carbons (Fsp3) is 0.444. The molecule has 6 nitrogen and oxygen atoms in total. The lowest BCUT2D eigenvalue weighted by atomic mass is 10.1. The molecule has 0 bridgehead atoms. The van der Waals surface area contributed by atoms with Gasteiger partial charge in [0, 0.05) is 23.2 Å². The van der Waals surface area contributed by atoms with Crippen LogP contribution in [0.4, 0.5) is 5.69 Å². The lowest BCUT2D eigenvalue weighted by molar-refractivity contribution is -0.146. The Hall–Kier alpha value is -1.86. The number of morpholine rings is 1. The minimum atomic E-state index is -0.684. The summed E-state index contributed by atoms with van der Waals surface area (Å²) in [6, 6.07) is 5.68.